The predicted octanol–water partition coefficient (Wildman–Crippen LogP) is 3.49. The minimum atomic E-state index is -0.926. The Balaban J connectivity index is 1.76. The van der Waals surface area contributed by atoms with Crippen LogP contribution in [-0.2, 0) is 4.79 Å². The molecule has 5 nitrogen and oxygen atoms in total. The molecule has 0 bridgehead atoms. The van der Waals surface area contributed by atoms with Crippen LogP contribution in [0.5, 0.6) is 0 Å². The van der Waals surface area contributed by atoms with E-state index in [-0.39, 0.29) is 11.8 Å². The van der Waals surface area contributed by atoms with Crippen LogP contribution >= 0.6 is 0 Å². The third kappa shape index (κ3) is 4.70. The maximum atomic E-state index is 12.7. The molecule has 1 unspecified atom stereocenters. The monoisotopic (exact) mass is 345 g/mol. The number of carbonyl (C=O) groups excluding carboxylic acids is 2. The molecule has 0 saturated carbocycles. The van der Waals surface area contributed by atoms with Gasteiger partial charge in [0.2, 0.25) is 0 Å². The number of amides is 2. The van der Waals surface area contributed by atoms with Gasteiger partial charge < -0.3 is 16.0 Å². The number of rotatable bonds is 6. The van der Waals surface area contributed by atoms with Gasteiger partial charge in [0.25, 0.3) is 11.8 Å². The Bertz CT molecular complexity index is 852. The highest BCUT2D eigenvalue weighted by Gasteiger charge is 2.21. The molecule has 0 spiro atoms. The molecule has 0 aliphatic heterocycles. The summed E-state index contributed by atoms with van der Waals surface area (Å²) in [5.41, 5.74) is 1.88. The van der Waals surface area contributed by atoms with Gasteiger partial charge in [-0.05, 0) is 36.4 Å². The highest BCUT2D eigenvalue weighted by atomic mass is 16.2. The van der Waals surface area contributed by atoms with Gasteiger partial charge in [-0.2, -0.15) is 0 Å². The molecule has 0 aliphatic rings. The van der Waals surface area contributed by atoms with E-state index in [0.717, 1.165) is 5.69 Å². The normalized spacial score (nSPS) is 11.2. The first kappa shape index (κ1) is 17.2. The summed E-state index contributed by atoms with van der Waals surface area (Å²) in [4.78, 5) is 25.2. The first-order chi connectivity index (χ1) is 12.7. The lowest BCUT2D eigenvalue weighted by molar-refractivity contribution is -0.117. The number of hydrogen-bond acceptors (Lipinski definition) is 3. The molecule has 0 aromatic heterocycles. The van der Waals surface area contributed by atoms with Crippen LogP contribution in [0.1, 0.15) is 10.4 Å². The third-order valence-electron chi connectivity index (χ3n) is 3.70. The van der Waals surface area contributed by atoms with Gasteiger partial charge in [0.05, 0.1) is 0 Å². The highest BCUT2D eigenvalue weighted by molar-refractivity contribution is 6.02. The van der Waals surface area contributed by atoms with Crippen LogP contribution in [0.15, 0.2) is 91.0 Å². The fraction of sp³-hybridized carbons (Fsp3) is 0.0476. The van der Waals surface area contributed by atoms with E-state index in [0.29, 0.717) is 11.3 Å². The predicted molar refractivity (Wildman–Crippen MR) is 103 cm³/mol. The maximum Gasteiger partial charge on any atom is 0.267 e. The molecule has 26 heavy (non-hydrogen) atoms. The van der Waals surface area contributed by atoms with Gasteiger partial charge in [0.15, 0.2) is 6.17 Å². The van der Waals surface area contributed by atoms with Crippen molar-refractivity contribution in [2.75, 3.05) is 10.6 Å². The van der Waals surface area contributed by atoms with Crippen molar-refractivity contribution in [3.05, 3.63) is 96.6 Å². The van der Waals surface area contributed by atoms with Crippen LogP contribution in [0.3, 0.4) is 0 Å². The smallest absolute Gasteiger partial charge is 0.267 e. The van der Waals surface area contributed by atoms with Crippen LogP contribution in [0, 0.1) is 0 Å². The van der Waals surface area contributed by atoms with Crippen LogP contribution in [-0.4, -0.2) is 18.0 Å². The zero-order valence-corrected chi connectivity index (χ0v) is 14.1. The Morgan fingerprint density at radius 2 is 1.15 bits per heavy atom. The SMILES string of the molecule is O=C(NC(Nc1ccccc1)C(=O)Nc1ccccc1)c1ccccc1. The Morgan fingerprint density at radius 1 is 0.654 bits per heavy atom. The molecular formula is C21H19N3O2. The summed E-state index contributed by atoms with van der Waals surface area (Å²) < 4.78 is 0. The zero-order chi connectivity index (χ0) is 18.2. The van der Waals surface area contributed by atoms with Crippen molar-refractivity contribution in [3.8, 4) is 0 Å². The molecule has 1 atom stereocenters. The second-order valence-electron chi connectivity index (χ2n) is 5.64. The second-order valence-corrected chi connectivity index (χ2v) is 5.64. The largest absolute Gasteiger partial charge is 0.358 e. The molecule has 0 saturated heterocycles. The Kier molecular flexibility index (Phi) is 5.62. The summed E-state index contributed by atoms with van der Waals surface area (Å²) in [5, 5.41) is 8.60. The van der Waals surface area contributed by atoms with Crippen molar-refractivity contribution in [1.82, 2.24) is 5.32 Å². The average Bonchev–Trinajstić information content (AvgIpc) is 2.69. The second kappa shape index (κ2) is 8.48. The van der Waals surface area contributed by atoms with Gasteiger partial charge in [-0.25, -0.2) is 0 Å². The van der Waals surface area contributed by atoms with Gasteiger partial charge in [0.1, 0.15) is 0 Å². The molecule has 3 N–H and O–H groups in total. The Labute approximate surface area is 152 Å². The summed E-state index contributed by atoms with van der Waals surface area (Å²) in [6.45, 7) is 0. The van der Waals surface area contributed by atoms with Crippen molar-refractivity contribution in [2.24, 2.45) is 0 Å². The number of hydrogen-bond donors (Lipinski definition) is 3. The number of carbonyl (C=O) groups is 2. The highest BCUT2D eigenvalue weighted by Crippen LogP contribution is 2.10. The van der Waals surface area contributed by atoms with Gasteiger partial charge in [-0.3, -0.25) is 9.59 Å². The summed E-state index contributed by atoms with van der Waals surface area (Å²) in [6.07, 6.45) is -0.926. The zero-order valence-electron chi connectivity index (χ0n) is 14.1. The lowest BCUT2D eigenvalue weighted by Gasteiger charge is -2.21. The van der Waals surface area contributed by atoms with E-state index in [9.17, 15) is 9.59 Å². The number of benzene rings is 3. The van der Waals surface area contributed by atoms with E-state index in [1.165, 1.54) is 0 Å². The van der Waals surface area contributed by atoms with E-state index in [2.05, 4.69) is 16.0 Å². The van der Waals surface area contributed by atoms with E-state index >= 15 is 0 Å². The summed E-state index contributed by atoms with van der Waals surface area (Å²) in [5.74, 6) is -0.688. The number of anilines is 2. The summed E-state index contributed by atoms with van der Waals surface area (Å²) in [7, 11) is 0. The van der Waals surface area contributed by atoms with E-state index in [1.807, 2.05) is 54.6 Å². The topological polar surface area (TPSA) is 70.2 Å². The lowest BCUT2D eigenvalue weighted by Crippen LogP contribution is -2.48. The minimum absolute atomic E-state index is 0.331. The summed E-state index contributed by atoms with van der Waals surface area (Å²) >= 11 is 0. The van der Waals surface area contributed by atoms with Crippen LogP contribution in [0.25, 0.3) is 0 Å². The fourth-order valence-corrected chi connectivity index (χ4v) is 2.41. The lowest BCUT2D eigenvalue weighted by atomic mass is 10.2. The van der Waals surface area contributed by atoms with E-state index < -0.39 is 6.17 Å². The van der Waals surface area contributed by atoms with E-state index in [1.54, 1.807) is 36.4 Å². The first-order valence-electron chi connectivity index (χ1n) is 8.26. The molecule has 3 rings (SSSR count). The first-order valence-corrected chi connectivity index (χ1v) is 8.26. The van der Waals surface area contributed by atoms with Crippen molar-refractivity contribution < 1.29 is 9.59 Å². The minimum Gasteiger partial charge on any atom is -0.358 e. The van der Waals surface area contributed by atoms with Crippen LogP contribution < -0.4 is 16.0 Å². The molecule has 0 radical (unpaired) electrons. The Hall–Kier alpha value is -3.60. The molecule has 130 valence electrons. The molecule has 0 aliphatic carbocycles. The van der Waals surface area contributed by atoms with Crippen molar-refractivity contribution >= 4 is 23.2 Å². The molecule has 2 amide bonds. The fourth-order valence-electron chi connectivity index (χ4n) is 2.41. The molecular weight excluding hydrogens is 326 g/mol. The summed E-state index contributed by atoms with van der Waals surface area (Å²) in [6, 6.07) is 27.1. The van der Waals surface area contributed by atoms with Crippen LogP contribution in [0.2, 0.25) is 0 Å². The van der Waals surface area contributed by atoms with Crippen molar-refractivity contribution in [3.63, 3.8) is 0 Å². The van der Waals surface area contributed by atoms with Crippen molar-refractivity contribution in [2.45, 2.75) is 6.17 Å². The standard InChI is InChI=1S/C21H19N3O2/c25-20(16-10-4-1-5-11-16)24-19(22-17-12-6-2-7-13-17)21(26)23-18-14-8-3-9-15-18/h1-15,19,22H,(H,23,26)(H,24,25). The number of nitrogens with one attached hydrogen (secondary N) is 3. The third-order valence-corrected chi connectivity index (χ3v) is 3.70. The van der Waals surface area contributed by atoms with E-state index in [4.69, 9.17) is 0 Å². The molecule has 0 heterocycles. The van der Waals surface area contributed by atoms with Crippen molar-refractivity contribution in [1.29, 1.82) is 0 Å². The quantitative estimate of drug-likeness (QED) is 0.599. The van der Waals surface area contributed by atoms with Gasteiger partial charge in [-0.15, -0.1) is 0 Å². The number of para-hydroxylation sites is 2. The van der Waals surface area contributed by atoms with Gasteiger partial charge in [0, 0.05) is 16.9 Å². The Morgan fingerprint density at radius 3 is 1.73 bits per heavy atom. The van der Waals surface area contributed by atoms with Gasteiger partial charge in [-0.1, -0.05) is 54.6 Å². The van der Waals surface area contributed by atoms with Crippen LogP contribution in [0.4, 0.5) is 11.4 Å². The maximum absolute atomic E-state index is 12.7. The molecule has 0 fully saturated rings. The van der Waals surface area contributed by atoms with Gasteiger partial charge >= 0.3 is 0 Å². The molecule has 3 aromatic carbocycles. The molecule has 3 aromatic rings. The molecule has 5 heteroatoms. The average molecular weight is 345 g/mol.